The fourth-order valence-corrected chi connectivity index (χ4v) is 1.13. The molecule has 0 aromatic carbocycles. The van der Waals surface area contributed by atoms with Crippen LogP contribution in [-0.4, -0.2) is 47.9 Å². The van der Waals surface area contributed by atoms with Gasteiger partial charge in [0.15, 0.2) is 0 Å². The Kier molecular flexibility index (Phi) is 29.6. The third kappa shape index (κ3) is 18.0. The van der Waals surface area contributed by atoms with Crippen molar-refractivity contribution < 1.29 is 158 Å². The minimum absolute atomic E-state index is 0. The number of aliphatic carboxylic acids is 4. The molecule has 0 N–H and O–H groups in total. The van der Waals surface area contributed by atoms with E-state index in [-0.39, 0.29) is 118 Å². The first-order valence-electron chi connectivity index (χ1n) is 4.28. The maximum Gasteiger partial charge on any atom is 1.00 e. The second-order valence-electron chi connectivity index (χ2n) is 3.06. The first-order chi connectivity index (χ1) is 7.73. The van der Waals surface area contributed by atoms with Gasteiger partial charge >= 0.3 is 118 Å². The number of rotatable bonds is 8. The predicted molar refractivity (Wildman–Crippen MR) is 40.0 cm³/mol. The van der Waals surface area contributed by atoms with Crippen LogP contribution in [0.3, 0.4) is 0 Å². The third-order valence-corrected chi connectivity index (χ3v) is 1.74. The van der Waals surface area contributed by atoms with E-state index >= 15 is 0 Å². The molecule has 0 radical (unpaired) electrons. The summed E-state index contributed by atoms with van der Waals surface area (Å²) in [5.41, 5.74) is 0. The second kappa shape index (κ2) is 18.2. The van der Waals surface area contributed by atoms with Gasteiger partial charge in [0, 0.05) is 25.5 Å². The summed E-state index contributed by atoms with van der Waals surface area (Å²) < 4.78 is 0. The van der Waals surface area contributed by atoms with Crippen molar-refractivity contribution in [1.29, 1.82) is 0 Å². The van der Waals surface area contributed by atoms with Crippen molar-refractivity contribution in [2.24, 2.45) is 0 Å². The van der Waals surface area contributed by atoms with Crippen molar-refractivity contribution in [3.05, 3.63) is 0 Å². The zero-order chi connectivity index (χ0) is 13.6. The molecule has 0 rings (SSSR count). The van der Waals surface area contributed by atoms with Crippen molar-refractivity contribution in [3.63, 3.8) is 0 Å². The molecule has 21 heavy (non-hydrogen) atoms. The Morgan fingerprint density at radius 3 is 1.24 bits per heavy atom. The fourth-order valence-electron chi connectivity index (χ4n) is 1.13. The molecule has 0 heterocycles. The van der Waals surface area contributed by atoms with Crippen molar-refractivity contribution in [3.8, 4) is 0 Å². The summed E-state index contributed by atoms with van der Waals surface area (Å²) in [6.45, 7) is -2.17. The van der Waals surface area contributed by atoms with Gasteiger partial charge < -0.3 is 39.6 Å². The van der Waals surface area contributed by atoms with E-state index in [4.69, 9.17) is 0 Å². The van der Waals surface area contributed by atoms with Gasteiger partial charge in [-0.15, -0.1) is 0 Å². The molecule has 0 aliphatic carbocycles. The Morgan fingerprint density at radius 2 is 1.05 bits per heavy atom. The van der Waals surface area contributed by atoms with E-state index in [9.17, 15) is 39.6 Å². The molecule has 0 aliphatic rings. The van der Waals surface area contributed by atoms with Gasteiger partial charge in [-0.1, -0.05) is 0 Å². The Balaban J connectivity index is -0.000000213. The van der Waals surface area contributed by atoms with Crippen LogP contribution < -0.4 is 139 Å². The molecule has 13 heteroatoms. The van der Waals surface area contributed by atoms with Gasteiger partial charge in [-0.2, -0.15) is 0 Å². The van der Waals surface area contributed by atoms with E-state index in [1.54, 1.807) is 0 Å². The molecular formula is C8H7NNa4O8. The molecule has 0 amide bonds. The summed E-state index contributed by atoms with van der Waals surface area (Å²) >= 11 is 0. The Hall–Kier alpha value is 1.84. The fraction of sp³-hybridized carbons (Fsp3) is 0.500. The van der Waals surface area contributed by atoms with Gasteiger partial charge in [0.1, 0.15) is 0 Å². The molecule has 0 saturated heterocycles. The Labute approximate surface area is 209 Å². The number of hydrogen-bond donors (Lipinski definition) is 0. The van der Waals surface area contributed by atoms with Crippen LogP contribution in [0.1, 0.15) is 6.42 Å². The molecule has 1 atom stereocenters. The van der Waals surface area contributed by atoms with Crippen LogP contribution in [0.15, 0.2) is 0 Å². The Morgan fingerprint density at radius 1 is 0.714 bits per heavy atom. The van der Waals surface area contributed by atoms with Gasteiger partial charge in [-0.05, 0) is 0 Å². The molecule has 0 unspecified atom stereocenters. The van der Waals surface area contributed by atoms with E-state index < -0.39 is 49.4 Å². The quantitative estimate of drug-likeness (QED) is 0.391. The number of carboxylic acid groups (broad SMARTS) is 4. The maximum absolute atomic E-state index is 10.6. The van der Waals surface area contributed by atoms with Gasteiger partial charge in [0.25, 0.3) is 0 Å². The summed E-state index contributed by atoms with van der Waals surface area (Å²) in [6.07, 6.45) is -1.11. The molecule has 0 aliphatic heterocycles. The SMILES string of the molecule is O=C([O-])C[C@@H](C(=O)[O-])N(CC(=O)[O-])CC(=O)[O-].[Na+].[Na+].[Na+].[Na+]. The number of carboxylic acids is 4. The van der Waals surface area contributed by atoms with Gasteiger partial charge in [0.05, 0.1) is 23.9 Å². The van der Waals surface area contributed by atoms with E-state index in [2.05, 4.69) is 0 Å². The monoisotopic (exact) mass is 337 g/mol. The predicted octanol–water partition coefficient (Wildman–Crippen LogP) is -18.9. The largest absolute Gasteiger partial charge is 1.00 e. The van der Waals surface area contributed by atoms with E-state index in [0.29, 0.717) is 4.90 Å². The van der Waals surface area contributed by atoms with Gasteiger partial charge in [0.2, 0.25) is 0 Å². The number of hydrogen-bond acceptors (Lipinski definition) is 9. The molecule has 96 valence electrons. The summed E-state index contributed by atoms with van der Waals surface area (Å²) in [5.74, 6) is -7.26. The van der Waals surface area contributed by atoms with Crippen LogP contribution in [0.4, 0.5) is 0 Å². The summed E-state index contributed by atoms with van der Waals surface area (Å²) in [7, 11) is 0. The standard InChI is InChI=1S/C8H11NO8.4Na/c10-5(11)1-4(8(16)17)9(2-6(12)13)3-7(14)15;;;;/h4H,1-3H2,(H,10,11)(H,12,13)(H,14,15)(H,16,17);;;;/q;4*+1/p-4/t4-;;;;/m0..../s1. The van der Waals surface area contributed by atoms with Crippen LogP contribution >= 0.6 is 0 Å². The maximum atomic E-state index is 10.6. The molecule has 0 spiro atoms. The second-order valence-corrected chi connectivity index (χ2v) is 3.06. The van der Waals surface area contributed by atoms with Crippen LogP contribution in [0.5, 0.6) is 0 Å². The first kappa shape index (κ1) is 34.2. The molecule has 0 saturated carbocycles. The summed E-state index contributed by atoms with van der Waals surface area (Å²) in [4.78, 5) is 41.7. The van der Waals surface area contributed by atoms with E-state index in [0.717, 1.165) is 0 Å². The third-order valence-electron chi connectivity index (χ3n) is 1.74. The zero-order valence-corrected chi connectivity index (χ0v) is 20.4. The van der Waals surface area contributed by atoms with Crippen LogP contribution in [0.2, 0.25) is 0 Å². The minimum Gasteiger partial charge on any atom is -0.550 e. The smallest absolute Gasteiger partial charge is 0.550 e. The first-order valence-corrected chi connectivity index (χ1v) is 4.28. The normalized spacial score (nSPS) is 9.76. The molecule has 0 fully saturated rings. The number of nitrogens with zero attached hydrogens (tertiary/aromatic N) is 1. The molecule has 0 aromatic rings. The van der Waals surface area contributed by atoms with Gasteiger partial charge in [-0.25, -0.2) is 0 Å². The zero-order valence-electron chi connectivity index (χ0n) is 12.4. The van der Waals surface area contributed by atoms with E-state index in [1.807, 2.05) is 0 Å². The molecular weight excluding hydrogens is 330 g/mol. The minimum atomic E-state index is -1.95. The number of carbonyl (C=O) groups excluding carboxylic acids is 4. The molecule has 0 bridgehead atoms. The average molecular weight is 337 g/mol. The van der Waals surface area contributed by atoms with E-state index in [1.165, 1.54) is 0 Å². The van der Waals surface area contributed by atoms with Crippen molar-refractivity contribution in [2.75, 3.05) is 13.1 Å². The average Bonchev–Trinajstić information content (AvgIpc) is 2.10. The van der Waals surface area contributed by atoms with Crippen molar-refractivity contribution in [1.82, 2.24) is 4.90 Å². The van der Waals surface area contributed by atoms with Crippen LogP contribution in [0.25, 0.3) is 0 Å². The number of carbonyl (C=O) groups is 4. The summed E-state index contributed by atoms with van der Waals surface area (Å²) in [6, 6.07) is -1.95. The molecule has 0 aromatic heterocycles. The van der Waals surface area contributed by atoms with Crippen LogP contribution in [-0.2, 0) is 19.2 Å². The van der Waals surface area contributed by atoms with Crippen molar-refractivity contribution >= 4 is 23.9 Å². The molecule has 9 nitrogen and oxygen atoms in total. The van der Waals surface area contributed by atoms with Gasteiger partial charge in [-0.3, -0.25) is 4.90 Å². The topological polar surface area (TPSA) is 164 Å². The Bertz CT molecular complexity index is 337. The summed E-state index contributed by atoms with van der Waals surface area (Å²) in [5, 5.41) is 41.3. The van der Waals surface area contributed by atoms with Crippen molar-refractivity contribution in [2.45, 2.75) is 12.5 Å². The van der Waals surface area contributed by atoms with Crippen LogP contribution in [0, 0.1) is 0 Å².